The van der Waals surface area contributed by atoms with Crippen LogP contribution in [0.1, 0.15) is 11.1 Å². The molecule has 7 aromatic heterocycles. The van der Waals surface area contributed by atoms with Gasteiger partial charge in [-0.2, -0.15) is 49.8 Å². The minimum absolute atomic E-state index is 0.101. The first-order chi connectivity index (χ1) is 59.5. The molecular formula is C97H65B2Cl3N15O4. The predicted octanol–water partition coefficient (Wildman–Crippen LogP) is 20.6. The molecule has 24 heteroatoms. The van der Waals surface area contributed by atoms with Gasteiger partial charge in [0.25, 0.3) is 0 Å². The first-order valence-electron chi connectivity index (χ1n) is 38.6. The number of para-hydroxylation sites is 6. The van der Waals surface area contributed by atoms with Crippen LogP contribution in [-0.2, 0) is 6.42 Å². The number of hydrogen-bond acceptors (Lipinski definition) is 16. The van der Waals surface area contributed by atoms with Crippen LogP contribution in [0.25, 0.3) is 163 Å². The quantitative estimate of drug-likeness (QED) is 0.0964. The second-order valence-corrected chi connectivity index (χ2v) is 28.8. The van der Waals surface area contributed by atoms with E-state index in [9.17, 15) is 0 Å². The lowest BCUT2D eigenvalue weighted by Crippen LogP contribution is -2.29. The van der Waals surface area contributed by atoms with Crippen LogP contribution in [0.4, 0.5) is 0 Å². The van der Waals surface area contributed by atoms with Crippen molar-refractivity contribution in [3.05, 3.63) is 391 Å². The molecule has 0 aliphatic heterocycles. The standard InChI is InChI=1S/C48H30N8.C21H13ClN4.C13H10.C9H5Cl2N3.C6H7B2O4/c1-3-16-31(17-4-1)43-49-45(53-47(51-43)55-39-26-11-7-22-35(39)36-23-8-12-27-40(36)55)33-20-15-21-34(30-33)46-50-44(32-18-5-2-6-19-32)52-48(54-46)56-41-28-13-9-24-37(41)38-25-10-14-29-42(38)56;22-20-23-19(14-8-2-1-3-9-14)24-21(25-20)26-17-12-6-4-10-15(17)16-11-5-7-13-18(16)26;1-3-7-12-10(5-1)9-11-6-2-4-8-13(11)12;10-8-12-7(13-9(11)14-8)6-4-2-1-3-5-6;9-7-12-6-3-1-2-5(4-6)8(10)11/h1-30H;1-13H;1-8H,9H2;1-5H;1-4,9-11H. The lowest BCUT2D eigenvalue weighted by molar-refractivity contribution is 0.424. The molecule has 21 aromatic rings. The van der Waals surface area contributed by atoms with E-state index in [1.807, 2.05) is 193 Å². The largest absolute Gasteiger partial charge is 0.569 e. The molecule has 579 valence electrons. The van der Waals surface area contributed by atoms with E-state index in [0.717, 1.165) is 105 Å². The zero-order chi connectivity index (χ0) is 82.1. The predicted molar refractivity (Wildman–Crippen MR) is 483 cm³/mol. The molecule has 3 N–H and O–H groups in total. The van der Waals surface area contributed by atoms with Crippen molar-refractivity contribution < 1.29 is 19.7 Å². The molecule has 121 heavy (non-hydrogen) atoms. The third-order valence-electron chi connectivity index (χ3n) is 20.3. The molecule has 14 aromatic carbocycles. The minimum Gasteiger partial charge on any atom is -0.537 e. The molecule has 22 rings (SSSR count). The van der Waals surface area contributed by atoms with Crippen molar-refractivity contribution in [1.29, 1.82) is 0 Å². The monoisotopic (exact) mass is 1630 g/mol. The minimum atomic E-state index is -1.52. The van der Waals surface area contributed by atoms with Crippen LogP contribution in [0.3, 0.4) is 0 Å². The van der Waals surface area contributed by atoms with Crippen LogP contribution in [0, 0.1) is 0 Å². The molecule has 0 atom stereocenters. The fraction of sp³-hybridized carbons (Fsp3) is 0.0103. The van der Waals surface area contributed by atoms with Crippen LogP contribution < -0.4 is 10.1 Å². The van der Waals surface area contributed by atoms with Crippen molar-refractivity contribution in [2.24, 2.45) is 0 Å². The molecule has 0 saturated heterocycles. The van der Waals surface area contributed by atoms with Gasteiger partial charge < -0.3 is 19.7 Å². The van der Waals surface area contributed by atoms with Crippen LogP contribution in [0.2, 0.25) is 15.9 Å². The maximum atomic E-state index is 8.74. The molecule has 0 bridgehead atoms. The molecular weight excluding hydrogens is 1570 g/mol. The highest BCUT2D eigenvalue weighted by molar-refractivity contribution is 6.58. The number of benzene rings is 14. The van der Waals surface area contributed by atoms with Gasteiger partial charge in [0.05, 0.1) is 38.8 Å². The van der Waals surface area contributed by atoms with E-state index < -0.39 is 7.12 Å². The number of rotatable bonds is 12. The molecule has 1 aliphatic rings. The van der Waals surface area contributed by atoms with Crippen molar-refractivity contribution in [2.45, 2.75) is 6.42 Å². The Balaban J connectivity index is 0.000000125. The molecule has 0 amide bonds. The van der Waals surface area contributed by atoms with Gasteiger partial charge in [-0.15, -0.1) is 0 Å². The summed E-state index contributed by atoms with van der Waals surface area (Å²) >= 11 is 17.6. The smallest absolute Gasteiger partial charge is 0.537 e. The van der Waals surface area contributed by atoms with E-state index in [0.29, 0.717) is 71.7 Å². The second kappa shape index (κ2) is 35.2. The number of aromatic nitrogens is 15. The first kappa shape index (κ1) is 77.4. The fourth-order valence-electron chi connectivity index (χ4n) is 14.9. The lowest BCUT2D eigenvalue weighted by Gasteiger charge is -2.12. The van der Waals surface area contributed by atoms with Crippen molar-refractivity contribution in [3.63, 3.8) is 0 Å². The summed E-state index contributed by atoms with van der Waals surface area (Å²) < 4.78 is 10.9. The van der Waals surface area contributed by atoms with Gasteiger partial charge in [-0.1, -0.05) is 309 Å². The van der Waals surface area contributed by atoms with Crippen LogP contribution in [0.5, 0.6) is 5.75 Å². The average Bonchev–Trinajstić information content (AvgIpc) is 1.62. The molecule has 0 spiro atoms. The van der Waals surface area contributed by atoms with Crippen molar-refractivity contribution in [3.8, 4) is 103 Å². The Kier molecular flexibility index (Phi) is 22.5. The topological polar surface area (TPSA) is 239 Å². The highest BCUT2D eigenvalue weighted by Gasteiger charge is 2.23. The van der Waals surface area contributed by atoms with E-state index in [-0.39, 0.29) is 15.9 Å². The Morgan fingerprint density at radius 3 is 0.884 bits per heavy atom. The number of hydrogen-bond donors (Lipinski definition) is 3. The lowest BCUT2D eigenvalue weighted by atomic mass is 9.80. The Hall–Kier alpha value is -14.8. The fourth-order valence-corrected chi connectivity index (χ4v) is 15.4. The third-order valence-corrected chi connectivity index (χ3v) is 20.8. The summed E-state index contributed by atoms with van der Waals surface area (Å²) in [5, 5.41) is 33.0. The molecule has 1 aliphatic carbocycles. The summed E-state index contributed by atoms with van der Waals surface area (Å²) in [6.45, 7) is 0. The summed E-state index contributed by atoms with van der Waals surface area (Å²) in [7, 11) is -0.990. The molecule has 7 heterocycles. The number of fused-ring (bicyclic) bond motifs is 12. The van der Waals surface area contributed by atoms with E-state index >= 15 is 0 Å². The van der Waals surface area contributed by atoms with Gasteiger partial charge >= 0.3 is 14.8 Å². The van der Waals surface area contributed by atoms with E-state index in [1.165, 1.54) is 34.4 Å². The van der Waals surface area contributed by atoms with Crippen molar-refractivity contribution in [2.75, 3.05) is 0 Å². The highest BCUT2D eigenvalue weighted by atomic mass is 35.5. The van der Waals surface area contributed by atoms with Gasteiger partial charge in [-0.25, -0.2) is 9.97 Å². The summed E-state index contributed by atoms with van der Waals surface area (Å²) in [5.41, 5.74) is 17.4. The SMILES string of the molecule is Clc1nc(-c2ccccc2)nc(-n2c3ccccc3c3ccccc32)n1.Clc1nc(Cl)nc(-c2ccccc2)n1.O[B]Oc1cccc(B(O)O)c1.c1ccc(-c2nc(-c3cccc(-c4nc(-c5ccccc5)nc(-n5c6ccccc6c6ccccc65)n4)c3)nc(-n3c4ccccc4c4ccccc43)n2)cc1.c1ccc2c(c1)Cc1ccccc1-2. The van der Waals surface area contributed by atoms with E-state index in [1.54, 1.807) is 12.1 Å². The van der Waals surface area contributed by atoms with Gasteiger partial charge in [0.15, 0.2) is 34.9 Å². The van der Waals surface area contributed by atoms with Gasteiger partial charge in [0.2, 0.25) is 33.7 Å². The van der Waals surface area contributed by atoms with E-state index in [2.05, 4.69) is 190 Å². The first-order valence-corrected chi connectivity index (χ1v) is 39.7. The highest BCUT2D eigenvalue weighted by Crippen LogP contribution is 2.39. The zero-order valence-corrected chi connectivity index (χ0v) is 66.4. The number of halogens is 3. The third kappa shape index (κ3) is 16.5. The van der Waals surface area contributed by atoms with Crippen molar-refractivity contribution in [1.82, 2.24) is 73.5 Å². The molecule has 19 nitrogen and oxygen atoms in total. The molecule has 1 radical (unpaired) electrons. The van der Waals surface area contributed by atoms with Gasteiger partial charge in [-0.05, 0) is 124 Å². The Bertz CT molecular complexity index is 6900. The summed E-state index contributed by atoms with van der Waals surface area (Å²) in [6, 6.07) is 121. The Morgan fingerprint density at radius 2 is 0.537 bits per heavy atom. The summed E-state index contributed by atoms with van der Waals surface area (Å²) in [4.78, 5) is 55.7. The maximum Gasteiger partial charge on any atom is 0.569 e. The summed E-state index contributed by atoms with van der Waals surface area (Å²) in [6.07, 6.45) is 1.10. The Labute approximate surface area is 709 Å². The number of nitrogens with zero attached hydrogens (tertiary/aromatic N) is 15. The van der Waals surface area contributed by atoms with Crippen LogP contribution in [0.15, 0.2) is 364 Å². The normalized spacial score (nSPS) is 11.2. The molecule has 0 fully saturated rings. The van der Waals surface area contributed by atoms with Crippen LogP contribution >= 0.6 is 34.8 Å². The van der Waals surface area contributed by atoms with E-state index in [4.69, 9.17) is 84.8 Å². The molecule has 0 unspecified atom stereocenters. The zero-order valence-electron chi connectivity index (χ0n) is 64.1. The average molecular weight is 1630 g/mol. The van der Waals surface area contributed by atoms with Crippen LogP contribution in [-0.4, -0.2) is 103 Å². The van der Waals surface area contributed by atoms with Gasteiger partial charge in [0.1, 0.15) is 0 Å². The summed E-state index contributed by atoms with van der Waals surface area (Å²) in [5.74, 6) is 5.22. The molecule has 0 saturated carbocycles. The second-order valence-electron chi connectivity index (χ2n) is 27.8. The van der Waals surface area contributed by atoms with Gasteiger partial charge in [-0.3, -0.25) is 13.7 Å². The van der Waals surface area contributed by atoms with Gasteiger partial charge in [0, 0.05) is 65.7 Å². The van der Waals surface area contributed by atoms with Crippen molar-refractivity contribution >= 4 is 120 Å². The Morgan fingerprint density at radius 1 is 0.264 bits per heavy atom. The maximum absolute atomic E-state index is 8.74.